The van der Waals surface area contributed by atoms with Crippen LogP contribution >= 0.6 is 11.3 Å². The Morgan fingerprint density at radius 1 is 1.41 bits per heavy atom. The lowest BCUT2D eigenvalue weighted by atomic mass is 10.1. The second-order valence-electron chi connectivity index (χ2n) is 5.63. The van der Waals surface area contributed by atoms with Crippen LogP contribution in [-0.4, -0.2) is 22.5 Å². The van der Waals surface area contributed by atoms with Crippen molar-refractivity contribution in [3.63, 3.8) is 0 Å². The minimum atomic E-state index is -0.555. The van der Waals surface area contributed by atoms with E-state index in [1.54, 1.807) is 17.7 Å². The van der Waals surface area contributed by atoms with Gasteiger partial charge in [0.25, 0.3) is 11.6 Å². The maximum absolute atomic E-state index is 12.7. The summed E-state index contributed by atoms with van der Waals surface area (Å²) in [4.78, 5) is 27.9. The number of hydrogen-bond donors (Lipinski definition) is 0. The van der Waals surface area contributed by atoms with E-state index in [1.807, 2.05) is 12.1 Å². The average Bonchev–Trinajstić information content (AvgIpc) is 2.98. The third-order valence-corrected chi connectivity index (χ3v) is 5.11. The summed E-state index contributed by atoms with van der Waals surface area (Å²) in [5.74, 6) is 2.69. The number of methoxy groups -OCH3 is 1. The number of fused-ring (bicyclic) bond motifs is 1. The molecule has 1 amide bonds. The normalized spacial score (nSPS) is 11.4. The van der Waals surface area contributed by atoms with E-state index < -0.39 is 10.8 Å². The highest BCUT2D eigenvalue weighted by Gasteiger charge is 2.18. The van der Waals surface area contributed by atoms with Crippen LogP contribution in [0, 0.1) is 29.4 Å². The van der Waals surface area contributed by atoms with Gasteiger partial charge in [0.15, 0.2) is 4.80 Å². The summed E-state index contributed by atoms with van der Waals surface area (Å²) < 4.78 is 7.85. The van der Waals surface area contributed by atoms with Crippen molar-refractivity contribution in [3.8, 4) is 18.1 Å². The number of hydrogen-bond acceptors (Lipinski definition) is 5. The van der Waals surface area contributed by atoms with Gasteiger partial charge in [0.05, 0.1) is 34.4 Å². The predicted octanol–water partition coefficient (Wildman–Crippen LogP) is 3.30. The number of nitrogens with zero attached hydrogens (tertiary/aromatic N) is 3. The highest BCUT2D eigenvalue weighted by molar-refractivity contribution is 7.16. The second kappa shape index (κ2) is 7.43. The van der Waals surface area contributed by atoms with Crippen LogP contribution in [-0.2, 0) is 6.54 Å². The molecule has 0 aliphatic rings. The monoisotopic (exact) mass is 381 g/mol. The zero-order valence-electron chi connectivity index (χ0n) is 14.6. The molecule has 0 fully saturated rings. The molecule has 3 rings (SSSR count). The van der Waals surface area contributed by atoms with Crippen molar-refractivity contribution in [2.75, 3.05) is 7.11 Å². The number of nitro groups is 1. The Balaban J connectivity index is 2.17. The van der Waals surface area contributed by atoms with Crippen LogP contribution in [0.25, 0.3) is 10.2 Å². The van der Waals surface area contributed by atoms with Gasteiger partial charge in [0, 0.05) is 11.6 Å². The molecule has 0 unspecified atom stereocenters. The van der Waals surface area contributed by atoms with Crippen LogP contribution in [0.4, 0.5) is 5.69 Å². The lowest BCUT2D eigenvalue weighted by Crippen LogP contribution is -2.17. The molecule has 136 valence electrons. The molecule has 1 aromatic heterocycles. The van der Waals surface area contributed by atoms with Gasteiger partial charge in [-0.05, 0) is 31.2 Å². The fourth-order valence-electron chi connectivity index (χ4n) is 2.71. The van der Waals surface area contributed by atoms with E-state index in [-0.39, 0.29) is 23.4 Å². The first-order chi connectivity index (χ1) is 13.0. The molecule has 2 aromatic carbocycles. The van der Waals surface area contributed by atoms with Gasteiger partial charge in [-0.1, -0.05) is 23.3 Å². The molecule has 0 aliphatic carbocycles. The lowest BCUT2D eigenvalue weighted by Gasteiger charge is -2.03. The van der Waals surface area contributed by atoms with Gasteiger partial charge < -0.3 is 9.30 Å². The highest BCUT2D eigenvalue weighted by Crippen LogP contribution is 2.24. The summed E-state index contributed by atoms with van der Waals surface area (Å²) in [6.07, 6.45) is 5.46. The summed E-state index contributed by atoms with van der Waals surface area (Å²) in [6.45, 7) is 1.78. The van der Waals surface area contributed by atoms with E-state index >= 15 is 0 Å². The molecule has 8 heteroatoms. The summed E-state index contributed by atoms with van der Waals surface area (Å²) in [5, 5.41) is 11.1. The standard InChI is InChI=1S/C19H15N3O4S/c1-4-10-21-16-9-8-13(26-3)11-17(16)27-19(21)20-18(23)14-6-5-7-15(12(14)2)22(24)25/h1,5-9,11H,10H2,2-3H3. The number of ether oxygens (including phenoxy) is 1. The molecule has 0 saturated heterocycles. The minimum absolute atomic E-state index is 0.117. The van der Waals surface area contributed by atoms with E-state index in [4.69, 9.17) is 11.2 Å². The first-order valence-electron chi connectivity index (χ1n) is 7.90. The first kappa shape index (κ1) is 18.4. The van der Waals surface area contributed by atoms with E-state index in [1.165, 1.54) is 36.5 Å². The topological polar surface area (TPSA) is 86.7 Å². The summed E-state index contributed by atoms with van der Waals surface area (Å²) >= 11 is 1.30. The summed E-state index contributed by atoms with van der Waals surface area (Å²) in [6, 6.07) is 9.85. The quantitative estimate of drug-likeness (QED) is 0.394. The highest BCUT2D eigenvalue weighted by atomic mass is 32.1. The Morgan fingerprint density at radius 2 is 2.19 bits per heavy atom. The van der Waals surface area contributed by atoms with Crippen molar-refractivity contribution in [2.45, 2.75) is 13.5 Å². The van der Waals surface area contributed by atoms with Gasteiger partial charge in [-0.2, -0.15) is 4.99 Å². The van der Waals surface area contributed by atoms with Gasteiger partial charge >= 0.3 is 0 Å². The number of terminal acetylenes is 1. The maximum Gasteiger partial charge on any atom is 0.280 e. The fourth-order valence-corrected chi connectivity index (χ4v) is 3.77. The molecule has 0 aliphatic heterocycles. The number of carbonyl (C=O) groups excluding carboxylic acids is 1. The Bertz CT molecular complexity index is 1170. The zero-order chi connectivity index (χ0) is 19.6. The van der Waals surface area contributed by atoms with Gasteiger partial charge in [-0.3, -0.25) is 14.9 Å². The molecule has 1 heterocycles. The average molecular weight is 381 g/mol. The number of amides is 1. The largest absolute Gasteiger partial charge is 0.497 e. The van der Waals surface area contributed by atoms with Crippen LogP contribution in [0.3, 0.4) is 0 Å². The van der Waals surface area contributed by atoms with E-state index in [0.717, 1.165) is 10.2 Å². The number of thiazole rings is 1. The van der Waals surface area contributed by atoms with Crippen molar-refractivity contribution in [3.05, 3.63) is 62.4 Å². The van der Waals surface area contributed by atoms with Crippen molar-refractivity contribution < 1.29 is 14.5 Å². The second-order valence-corrected chi connectivity index (χ2v) is 6.64. The SMILES string of the molecule is C#CCn1c(=NC(=O)c2cccc([N+](=O)[O-])c2C)sc2cc(OC)ccc21. The van der Waals surface area contributed by atoms with Gasteiger partial charge in [-0.15, -0.1) is 6.42 Å². The Morgan fingerprint density at radius 3 is 2.85 bits per heavy atom. The van der Waals surface area contributed by atoms with Crippen LogP contribution in [0.2, 0.25) is 0 Å². The number of benzene rings is 2. The van der Waals surface area contributed by atoms with Crippen LogP contribution < -0.4 is 9.54 Å². The molecular weight excluding hydrogens is 366 g/mol. The Hall–Kier alpha value is -3.44. The van der Waals surface area contributed by atoms with Gasteiger partial charge in [0.1, 0.15) is 5.75 Å². The molecule has 0 N–H and O–H groups in total. The number of aromatic nitrogens is 1. The predicted molar refractivity (Wildman–Crippen MR) is 103 cm³/mol. The van der Waals surface area contributed by atoms with Crippen LogP contribution in [0.15, 0.2) is 41.4 Å². The summed E-state index contributed by atoms with van der Waals surface area (Å²) in [5.41, 5.74) is 1.18. The number of carbonyl (C=O) groups is 1. The number of rotatable bonds is 4. The smallest absolute Gasteiger partial charge is 0.280 e. The third kappa shape index (κ3) is 3.45. The van der Waals surface area contributed by atoms with Gasteiger partial charge in [-0.25, -0.2) is 0 Å². The zero-order valence-corrected chi connectivity index (χ0v) is 15.4. The molecule has 7 nitrogen and oxygen atoms in total. The first-order valence-corrected chi connectivity index (χ1v) is 8.71. The molecule has 3 aromatic rings. The maximum atomic E-state index is 12.7. The molecular formula is C19H15N3O4S. The van der Waals surface area contributed by atoms with Crippen LogP contribution in [0.1, 0.15) is 15.9 Å². The molecule has 0 bridgehead atoms. The fraction of sp³-hybridized carbons (Fsp3) is 0.158. The molecule has 0 radical (unpaired) electrons. The van der Waals surface area contributed by atoms with Crippen molar-refractivity contribution in [2.24, 2.45) is 4.99 Å². The molecule has 0 saturated carbocycles. The van der Waals surface area contributed by atoms with E-state index in [2.05, 4.69) is 10.9 Å². The van der Waals surface area contributed by atoms with Crippen molar-refractivity contribution in [1.29, 1.82) is 0 Å². The number of nitro benzene ring substituents is 1. The summed E-state index contributed by atoms with van der Waals surface area (Å²) in [7, 11) is 1.57. The van der Waals surface area contributed by atoms with Gasteiger partial charge in [0.2, 0.25) is 0 Å². The van der Waals surface area contributed by atoms with Crippen LogP contribution in [0.5, 0.6) is 5.75 Å². The minimum Gasteiger partial charge on any atom is -0.497 e. The van der Waals surface area contributed by atoms with Crippen molar-refractivity contribution in [1.82, 2.24) is 4.57 Å². The Kier molecular flexibility index (Phi) is 5.05. The molecule has 27 heavy (non-hydrogen) atoms. The third-order valence-electron chi connectivity index (χ3n) is 4.07. The van der Waals surface area contributed by atoms with E-state index in [0.29, 0.717) is 10.6 Å². The lowest BCUT2D eigenvalue weighted by molar-refractivity contribution is -0.385. The van der Waals surface area contributed by atoms with Crippen molar-refractivity contribution >= 4 is 33.1 Å². The molecule has 0 spiro atoms. The Labute approximate surface area is 158 Å². The van der Waals surface area contributed by atoms with E-state index in [9.17, 15) is 14.9 Å². The molecule has 0 atom stereocenters.